The number of aromatic hydroxyl groups is 1. The Balaban J connectivity index is 1.10. The maximum atomic E-state index is 16.1. The number of rotatable bonds is 7. The Morgan fingerprint density at radius 1 is 0.944 bits per heavy atom. The molecule has 5 aliphatic heterocycles. The summed E-state index contributed by atoms with van der Waals surface area (Å²) < 4.78 is 6.51. The number of aliphatic hydroxyl groups is 8. The lowest BCUT2D eigenvalue weighted by molar-refractivity contribution is -0.206. The van der Waals surface area contributed by atoms with E-state index in [1.807, 2.05) is 13.0 Å². The number of aryl methyl sites for hydroxylation is 1. The number of amides is 1. The minimum atomic E-state index is -1.62. The predicted octanol–water partition coefficient (Wildman–Crippen LogP) is 5.84. The largest absolute Gasteiger partial charge is 0.508 e. The van der Waals surface area contributed by atoms with Gasteiger partial charge in [-0.15, -0.1) is 0 Å². The van der Waals surface area contributed by atoms with Crippen LogP contribution in [0, 0.1) is 74.4 Å². The number of nitrogens with zero attached hydrogens (tertiary/aromatic N) is 1. The van der Waals surface area contributed by atoms with E-state index in [-0.39, 0.29) is 80.5 Å². The second-order valence-corrected chi connectivity index (χ2v) is 27.6. The average Bonchev–Trinajstić information content (AvgIpc) is 3.95. The average molecular weight is 1020 g/mol. The normalized spacial score (nSPS) is 49.5. The van der Waals surface area contributed by atoms with Gasteiger partial charge in [0.05, 0.1) is 40.8 Å². The van der Waals surface area contributed by atoms with E-state index in [0.29, 0.717) is 93.6 Å². The van der Waals surface area contributed by atoms with E-state index in [1.54, 1.807) is 23.1 Å². The molecule has 71 heavy (non-hydrogen) atoms. The van der Waals surface area contributed by atoms with E-state index in [9.17, 15) is 46.0 Å². The zero-order valence-electron chi connectivity index (χ0n) is 42.0. The van der Waals surface area contributed by atoms with Crippen LogP contribution in [0.1, 0.15) is 123 Å². The third kappa shape index (κ3) is 6.78. The molecule has 1 amide bonds. The van der Waals surface area contributed by atoms with Crippen LogP contribution in [0.3, 0.4) is 0 Å². The first-order chi connectivity index (χ1) is 33.7. The van der Waals surface area contributed by atoms with E-state index in [2.05, 4.69) is 32.9 Å². The number of ether oxygens (including phenoxy) is 1. The highest BCUT2D eigenvalue weighted by atomic mass is 33.1. The van der Waals surface area contributed by atoms with Gasteiger partial charge in [-0.05, 0) is 166 Å². The van der Waals surface area contributed by atoms with Crippen molar-refractivity contribution in [2.75, 3.05) is 30.4 Å². The van der Waals surface area contributed by atoms with Crippen LogP contribution in [0.2, 0.25) is 0 Å². The summed E-state index contributed by atoms with van der Waals surface area (Å²) in [7, 11) is 2.53. The number of fused-ring (bicyclic) bond motifs is 1. The number of ketones is 1. The molecule has 8 bridgehead atoms. The molecule has 12 aliphatic rings. The molecule has 7 aliphatic carbocycles. The number of benzene rings is 1. The first-order valence-electron chi connectivity index (χ1n) is 27.2. The van der Waals surface area contributed by atoms with E-state index in [0.717, 1.165) is 22.8 Å². The van der Waals surface area contributed by atoms with E-state index in [1.165, 1.54) is 10.8 Å². The fourth-order valence-corrected chi connectivity index (χ4v) is 21.8. The van der Waals surface area contributed by atoms with Crippen molar-refractivity contribution in [3.63, 3.8) is 0 Å². The topological polar surface area (TPSA) is 232 Å². The molecule has 5 heterocycles. The van der Waals surface area contributed by atoms with Gasteiger partial charge < -0.3 is 55.6 Å². The first-order valence-corrected chi connectivity index (χ1v) is 29.5. The maximum Gasteiger partial charge on any atom is 0.234 e. The molecule has 20 unspecified atom stereocenters. The van der Waals surface area contributed by atoms with Crippen molar-refractivity contribution >= 4 is 39.0 Å². The number of hydrogen-bond donors (Lipinski definition) is 9. The van der Waals surface area contributed by atoms with Gasteiger partial charge in [0.2, 0.25) is 5.91 Å². The molecule has 1 aromatic rings. The van der Waals surface area contributed by atoms with Gasteiger partial charge in [0.1, 0.15) is 22.9 Å². The Morgan fingerprint density at radius 2 is 1.72 bits per heavy atom. The van der Waals surface area contributed by atoms with Crippen LogP contribution in [-0.2, 0) is 20.7 Å². The van der Waals surface area contributed by atoms with Crippen LogP contribution < -0.4 is 4.90 Å². The van der Waals surface area contributed by atoms with Gasteiger partial charge in [-0.1, -0.05) is 67.9 Å². The summed E-state index contributed by atoms with van der Waals surface area (Å²) in [6.45, 7) is 8.32. The highest BCUT2D eigenvalue weighted by molar-refractivity contribution is 8.76. The molecule has 0 radical (unpaired) electrons. The lowest BCUT2D eigenvalue weighted by Gasteiger charge is -2.66. The van der Waals surface area contributed by atoms with Crippen molar-refractivity contribution < 1.29 is 60.3 Å². The standard InChI is InChI=1S/C56H79NO12S2/c1-30(2)31(3)45-47(69-45)54(67)15-6-11-34-22-39-40-24-44(63)53(26-42(62)41(61)25-50(39,53)4)49(66)71-70-28-36-10-5-9-35(27-59)56(36)48(65)57(29-51(56)16-13-33(46(51)64)8-7-19-58)37-20-32(21-38(60)23-37)12-17-52(34)43(54)14-18-55(40,52)68/h6,11,20-21,23-24,30-31,33-36,39,41-43,45-47,49,58-62,64,66-68H,5,7-10,12-19,22,25-29H2,1-4H3. The van der Waals surface area contributed by atoms with Gasteiger partial charge >= 0.3 is 0 Å². The molecule has 7 fully saturated rings. The van der Waals surface area contributed by atoms with Gasteiger partial charge in [-0.3, -0.25) is 9.59 Å². The molecule has 1 aromatic carbocycles. The van der Waals surface area contributed by atoms with Crippen molar-refractivity contribution in [2.24, 2.45) is 74.4 Å². The maximum absolute atomic E-state index is 16.1. The SMILES string of the molecule is CC(C)C(C)C1OC1C1(O)CC=CC2CC3C4=CC(=O)C5(CC(O)C(O)CC35C)C(O)SSCC3CCCC(CO)C35C(=O)N(CC53CCC(CCCO)C3O)c3cc(O)cc(c3)CCC23C1CCC43O. The number of phenolic OH excluding ortho intramolecular Hbond substituents is 1. The van der Waals surface area contributed by atoms with Crippen LogP contribution in [0.15, 0.2) is 42.0 Å². The van der Waals surface area contributed by atoms with Crippen LogP contribution in [0.25, 0.3) is 0 Å². The Kier molecular flexibility index (Phi) is 12.8. The molecule has 15 heteroatoms. The van der Waals surface area contributed by atoms with Gasteiger partial charge in [-0.25, -0.2) is 0 Å². The number of carbonyl (C=O) groups excluding carboxylic acids is 2. The Labute approximate surface area is 426 Å². The van der Waals surface area contributed by atoms with Crippen molar-refractivity contribution in [1.29, 1.82) is 0 Å². The highest BCUT2D eigenvalue weighted by Crippen LogP contribution is 2.76. The van der Waals surface area contributed by atoms with Crippen molar-refractivity contribution in [3.05, 3.63) is 47.6 Å². The number of allylic oxidation sites excluding steroid dienone is 2. The minimum absolute atomic E-state index is 0.0138. The van der Waals surface area contributed by atoms with E-state index in [4.69, 9.17) is 4.74 Å². The summed E-state index contributed by atoms with van der Waals surface area (Å²) in [5.74, 6) is -2.11. The highest BCUT2D eigenvalue weighted by Gasteiger charge is 2.79. The molecule has 0 aromatic heterocycles. The fraction of sp³-hybridized carbons (Fsp3) is 0.786. The molecule has 9 N–H and O–H groups in total. The van der Waals surface area contributed by atoms with Crippen molar-refractivity contribution in [1.82, 2.24) is 0 Å². The summed E-state index contributed by atoms with van der Waals surface area (Å²) in [6, 6.07) is 5.28. The number of phenols is 1. The van der Waals surface area contributed by atoms with Gasteiger partial charge in [-0.2, -0.15) is 0 Å². The zero-order valence-corrected chi connectivity index (χ0v) is 43.6. The molecule has 392 valence electrons. The Morgan fingerprint density at radius 3 is 2.46 bits per heavy atom. The van der Waals surface area contributed by atoms with Crippen LogP contribution >= 0.6 is 21.6 Å². The first kappa shape index (κ1) is 51.1. The smallest absolute Gasteiger partial charge is 0.234 e. The van der Waals surface area contributed by atoms with Gasteiger partial charge in [0.15, 0.2) is 5.78 Å². The summed E-state index contributed by atoms with van der Waals surface area (Å²) in [5, 5.41) is 110. The molecule has 20 atom stereocenters. The molecular weight excluding hydrogens is 943 g/mol. The predicted molar refractivity (Wildman–Crippen MR) is 271 cm³/mol. The molecule has 5 saturated carbocycles. The summed E-state index contributed by atoms with van der Waals surface area (Å²) in [4.78, 5) is 33.4. The molecule has 13 rings (SSSR count). The third-order valence-electron chi connectivity index (χ3n) is 22.5. The van der Waals surface area contributed by atoms with Gasteiger partial charge in [0.25, 0.3) is 0 Å². The van der Waals surface area contributed by atoms with Crippen LogP contribution in [-0.4, -0.2) is 130 Å². The second-order valence-electron chi connectivity index (χ2n) is 25.2. The molecule has 4 spiro atoms. The molecule has 13 nitrogen and oxygen atoms in total. The quantitative estimate of drug-likeness (QED) is 0.0888. The lowest BCUT2D eigenvalue weighted by Crippen LogP contribution is -2.70. The third-order valence-corrected chi connectivity index (χ3v) is 25.1. The second kappa shape index (κ2) is 17.8. The van der Waals surface area contributed by atoms with Crippen molar-refractivity contribution in [2.45, 2.75) is 171 Å². The number of hydrogen-bond acceptors (Lipinski definition) is 14. The summed E-state index contributed by atoms with van der Waals surface area (Å²) >= 11 is 0. The van der Waals surface area contributed by atoms with Crippen LogP contribution in [0.4, 0.5) is 5.69 Å². The Hall–Kier alpha value is -2.02. The number of epoxide rings is 1. The number of anilines is 1. The summed E-state index contributed by atoms with van der Waals surface area (Å²) in [6.07, 6.45) is 8.02. The lowest BCUT2D eigenvalue weighted by atomic mass is 9.39. The number of aliphatic hydroxyl groups excluding tert-OH is 6. The van der Waals surface area contributed by atoms with Gasteiger partial charge in [0, 0.05) is 54.0 Å². The fourth-order valence-electron chi connectivity index (χ4n) is 18.8. The molecular formula is C56H79NO12S2. The zero-order chi connectivity index (χ0) is 50.4. The van der Waals surface area contributed by atoms with Crippen molar-refractivity contribution in [3.8, 4) is 5.75 Å². The number of carbonyl (C=O) groups is 2. The molecule has 2 saturated heterocycles. The minimum Gasteiger partial charge on any atom is -0.508 e. The Bertz CT molecular complexity index is 2350. The van der Waals surface area contributed by atoms with E-state index < -0.39 is 91.7 Å². The van der Waals surface area contributed by atoms with Crippen LogP contribution in [0.5, 0.6) is 5.75 Å². The monoisotopic (exact) mass is 1020 g/mol. The van der Waals surface area contributed by atoms with E-state index >= 15 is 9.59 Å². The summed E-state index contributed by atoms with van der Waals surface area (Å²) in [5.41, 5.74) is -8.49.